The van der Waals surface area contributed by atoms with E-state index in [9.17, 15) is 9.90 Å². The maximum absolute atomic E-state index is 11.6. The Morgan fingerprint density at radius 1 is 1.25 bits per heavy atom. The van der Waals surface area contributed by atoms with Crippen LogP contribution >= 0.6 is 0 Å². The molecule has 0 fully saturated rings. The van der Waals surface area contributed by atoms with Gasteiger partial charge in [0, 0.05) is 6.07 Å². The minimum Gasteiger partial charge on any atom is -0.494 e. The Bertz CT molecular complexity index is 620. The minimum absolute atomic E-state index is 0.133. The standard InChI is InChI=1S/C15H18N2O3/c1-3-20-13-7-5-12(6-8-13)14(18)10-17-15(19)9-4-11(2)16-17/h4-9,14,18H,3,10H2,1-2H3. The fraction of sp³-hybridized carbons (Fsp3) is 0.333. The Balaban J connectivity index is 2.13. The van der Waals surface area contributed by atoms with Crippen molar-refractivity contribution >= 4 is 0 Å². The molecule has 5 nitrogen and oxygen atoms in total. The molecule has 20 heavy (non-hydrogen) atoms. The van der Waals surface area contributed by atoms with E-state index in [1.165, 1.54) is 10.7 Å². The SMILES string of the molecule is CCOc1ccc(C(O)Cn2nc(C)ccc2=O)cc1. The maximum Gasteiger partial charge on any atom is 0.266 e. The Kier molecular flexibility index (Phi) is 4.53. The van der Waals surface area contributed by atoms with Gasteiger partial charge in [0.05, 0.1) is 24.9 Å². The first kappa shape index (κ1) is 14.3. The van der Waals surface area contributed by atoms with Gasteiger partial charge in [-0.25, -0.2) is 4.68 Å². The van der Waals surface area contributed by atoms with Gasteiger partial charge in [-0.15, -0.1) is 0 Å². The van der Waals surface area contributed by atoms with Gasteiger partial charge >= 0.3 is 0 Å². The summed E-state index contributed by atoms with van der Waals surface area (Å²) >= 11 is 0. The van der Waals surface area contributed by atoms with Gasteiger partial charge in [-0.2, -0.15) is 5.10 Å². The van der Waals surface area contributed by atoms with Crippen molar-refractivity contribution in [3.63, 3.8) is 0 Å². The van der Waals surface area contributed by atoms with Crippen LogP contribution in [0.5, 0.6) is 5.75 Å². The molecule has 0 saturated carbocycles. The van der Waals surface area contributed by atoms with Crippen LogP contribution in [0.2, 0.25) is 0 Å². The Hall–Kier alpha value is -2.14. The third-order valence-electron chi connectivity index (χ3n) is 2.92. The first-order chi connectivity index (χ1) is 9.60. The molecular weight excluding hydrogens is 256 g/mol. The molecule has 1 heterocycles. The smallest absolute Gasteiger partial charge is 0.266 e. The van der Waals surface area contributed by atoms with Crippen molar-refractivity contribution in [1.29, 1.82) is 0 Å². The third kappa shape index (κ3) is 3.45. The fourth-order valence-electron chi connectivity index (χ4n) is 1.90. The maximum atomic E-state index is 11.6. The van der Waals surface area contributed by atoms with Crippen molar-refractivity contribution in [2.45, 2.75) is 26.5 Å². The van der Waals surface area contributed by atoms with Crippen LogP contribution in [0.15, 0.2) is 41.2 Å². The summed E-state index contributed by atoms with van der Waals surface area (Å²) in [5, 5.41) is 14.3. The highest BCUT2D eigenvalue weighted by atomic mass is 16.5. The number of aryl methyl sites for hydroxylation is 1. The quantitative estimate of drug-likeness (QED) is 0.901. The van der Waals surface area contributed by atoms with E-state index in [2.05, 4.69) is 5.10 Å². The summed E-state index contributed by atoms with van der Waals surface area (Å²) in [6.07, 6.45) is -0.780. The van der Waals surface area contributed by atoms with E-state index in [4.69, 9.17) is 4.74 Å². The van der Waals surface area contributed by atoms with Gasteiger partial charge in [0.15, 0.2) is 0 Å². The Labute approximate surface area is 117 Å². The lowest BCUT2D eigenvalue weighted by Gasteiger charge is -2.13. The summed E-state index contributed by atoms with van der Waals surface area (Å²) in [7, 11) is 0. The topological polar surface area (TPSA) is 64.3 Å². The second-order valence-electron chi connectivity index (χ2n) is 4.51. The summed E-state index contributed by atoms with van der Waals surface area (Å²) in [5.41, 5.74) is 1.24. The molecule has 1 unspecified atom stereocenters. The number of aliphatic hydroxyl groups is 1. The number of hydrogen-bond donors (Lipinski definition) is 1. The number of hydrogen-bond acceptors (Lipinski definition) is 4. The first-order valence-corrected chi connectivity index (χ1v) is 6.55. The number of ether oxygens (including phenoxy) is 1. The van der Waals surface area contributed by atoms with Crippen molar-refractivity contribution in [3.05, 3.63) is 58.0 Å². The molecule has 0 aliphatic rings. The zero-order valence-corrected chi connectivity index (χ0v) is 11.6. The molecule has 0 saturated heterocycles. The monoisotopic (exact) mass is 274 g/mol. The van der Waals surface area contributed by atoms with Gasteiger partial charge in [0.1, 0.15) is 5.75 Å². The second kappa shape index (κ2) is 6.34. The van der Waals surface area contributed by atoms with Gasteiger partial charge in [-0.1, -0.05) is 12.1 Å². The molecule has 0 bridgehead atoms. The minimum atomic E-state index is -0.780. The summed E-state index contributed by atoms with van der Waals surface area (Å²) in [4.78, 5) is 11.6. The molecule has 1 aromatic heterocycles. The van der Waals surface area contributed by atoms with E-state index < -0.39 is 6.10 Å². The predicted molar refractivity (Wildman–Crippen MR) is 75.8 cm³/mol. The van der Waals surface area contributed by atoms with Gasteiger partial charge < -0.3 is 9.84 Å². The van der Waals surface area contributed by atoms with Crippen molar-refractivity contribution in [3.8, 4) is 5.75 Å². The predicted octanol–water partition coefficient (Wildman–Crippen LogP) is 1.68. The molecule has 106 valence electrons. The van der Waals surface area contributed by atoms with Crippen LogP contribution in [0.4, 0.5) is 0 Å². The molecule has 1 aromatic carbocycles. The average molecular weight is 274 g/mol. The van der Waals surface area contributed by atoms with Crippen LogP contribution in [0, 0.1) is 6.92 Å². The van der Waals surface area contributed by atoms with E-state index >= 15 is 0 Å². The zero-order valence-electron chi connectivity index (χ0n) is 11.6. The fourth-order valence-corrected chi connectivity index (χ4v) is 1.90. The number of nitrogens with zero attached hydrogens (tertiary/aromatic N) is 2. The van der Waals surface area contributed by atoms with E-state index in [0.717, 1.165) is 17.0 Å². The number of aromatic nitrogens is 2. The van der Waals surface area contributed by atoms with Crippen molar-refractivity contribution in [1.82, 2.24) is 9.78 Å². The van der Waals surface area contributed by atoms with Crippen LogP contribution in [-0.4, -0.2) is 21.5 Å². The first-order valence-electron chi connectivity index (χ1n) is 6.55. The molecular formula is C15H18N2O3. The normalized spacial score (nSPS) is 12.2. The number of rotatable bonds is 5. The lowest BCUT2D eigenvalue weighted by Crippen LogP contribution is -2.25. The summed E-state index contributed by atoms with van der Waals surface area (Å²) in [5.74, 6) is 0.759. The largest absolute Gasteiger partial charge is 0.494 e. The highest BCUT2D eigenvalue weighted by Gasteiger charge is 2.10. The Morgan fingerprint density at radius 3 is 2.60 bits per heavy atom. The van der Waals surface area contributed by atoms with E-state index in [1.807, 2.05) is 6.92 Å². The summed E-state index contributed by atoms with van der Waals surface area (Å²) < 4.78 is 6.62. The lowest BCUT2D eigenvalue weighted by atomic mass is 10.1. The van der Waals surface area contributed by atoms with Crippen LogP contribution in [0.3, 0.4) is 0 Å². The Morgan fingerprint density at radius 2 is 1.95 bits per heavy atom. The number of aliphatic hydroxyl groups excluding tert-OH is 1. The van der Waals surface area contributed by atoms with Crippen LogP contribution in [0.1, 0.15) is 24.3 Å². The molecule has 5 heteroatoms. The van der Waals surface area contributed by atoms with E-state index in [0.29, 0.717) is 6.61 Å². The van der Waals surface area contributed by atoms with Crippen molar-refractivity contribution in [2.24, 2.45) is 0 Å². The average Bonchev–Trinajstić information content (AvgIpc) is 2.44. The number of benzene rings is 1. The van der Waals surface area contributed by atoms with E-state index in [1.54, 1.807) is 37.3 Å². The van der Waals surface area contributed by atoms with Crippen LogP contribution in [-0.2, 0) is 6.54 Å². The molecule has 2 rings (SSSR count). The van der Waals surface area contributed by atoms with Gasteiger partial charge in [-0.05, 0) is 37.6 Å². The highest BCUT2D eigenvalue weighted by molar-refractivity contribution is 5.28. The molecule has 1 atom stereocenters. The molecule has 2 aromatic rings. The van der Waals surface area contributed by atoms with Crippen LogP contribution < -0.4 is 10.3 Å². The lowest BCUT2D eigenvalue weighted by molar-refractivity contribution is 0.149. The summed E-state index contributed by atoms with van der Waals surface area (Å²) in [6.45, 7) is 4.46. The molecule has 0 aliphatic heterocycles. The van der Waals surface area contributed by atoms with Gasteiger partial charge in [0.25, 0.3) is 5.56 Å². The molecule has 0 amide bonds. The van der Waals surface area contributed by atoms with Crippen LogP contribution in [0.25, 0.3) is 0 Å². The van der Waals surface area contributed by atoms with Gasteiger partial charge in [-0.3, -0.25) is 4.79 Å². The zero-order chi connectivity index (χ0) is 14.5. The molecule has 0 aliphatic carbocycles. The third-order valence-corrected chi connectivity index (χ3v) is 2.92. The van der Waals surface area contributed by atoms with Gasteiger partial charge in [0.2, 0.25) is 0 Å². The summed E-state index contributed by atoms with van der Waals surface area (Å²) in [6, 6.07) is 10.3. The molecule has 0 spiro atoms. The molecule has 0 radical (unpaired) electrons. The second-order valence-corrected chi connectivity index (χ2v) is 4.51. The highest BCUT2D eigenvalue weighted by Crippen LogP contribution is 2.18. The van der Waals surface area contributed by atoms with E-state index in [-0.39, 0.29) is 12.1 Å². The van der Waals surface area contributed by atoms with Crippen molar-refractivity contribution < 1.29 is 9.84 Å². The van der Waals surface area contributed by atoms with Crippen molar-refractivity contribution in [2.75, 3.05) is 6.61 Å². The molecule has 1 N–H and O–H groups in total.